The molecular weight excluding hydrogens is 188 g/mol. The van der Waals surface area contributed by atoms with E-state index in [1.165, 1.54) is 0 Å². The number of unbranched alkanes of at least 4 members (excludes halogenated alkanes) is 1. The van der Waals surface area contributed by atoms with Crippen LogP contribution in [-0.2, 0) is 6.54 Å². The van der Waals surface area contributed by atoms with Crippen LogP contribution in [0, 0.1) is 6.92 Å². The number of hydrogen-bond acceptors (Lipinski definition) is 1. The van der Waals surface area contributed by atoms with Gasteiger partial charge in [-0.3, -0.25) is 14.6 Å². The summed E-state index contributed by atoms with van der Waals surface area (Å²) >= 11 is 0. The lowest BCUT2D eigenvalue weighted by atomic mass is 10.2. The first kappa shape index (κ1) is 10.0. The minimum Gasteiger partial charge on any atom is -0.295 e. The Bertz CT molecular complexity index is 522. The second-order valence-corrected chi connectivity index (χ2v) is 3.97. The zero-order valence-corrected chi connectivity index (χ0v) is 9.21. The number of fused-ring (bicyclic) bond motifs is 1. The van der Waals surface area contributed by atoms with Gasteiger partial charge in [0.2, 0.25) is 0 Å². The molecule has 0 aliphatic rings. The molecule has 0 spiro atoms. The van der Waals surface area contributed by atoms with Crippen LogP contribution in [0.4, 0.5) is 0 Å². The molecule has 2 aromatic rings. The Hall–Kier alpha value is -1.51. The summed E-state index contributed by atoms with van der Waals surface area (Å²) in [6.07, 6.45) is 2.13. The van der Waals surface area contributed by atoms with Gasteiger partial charge >= 0.3 is 0 Å². The quantitative estimate of drug-likeness (QED) is 0.819. The van der Waals surface area contributed by atoms with Gasteiger partial charge in [-0.1, -0.05) is 25.0 Å². The smallest absolute Gasteiger partial charge is 0.274 e. The summed E-state index contributed by atoms with van der Waals surface area (Å²) in [5, 5.41) is 3.93. The van der Waals surface area contributed by atoms with Crippen molar-refractivity contribution in [3.05, 3.63) is 34.1 Å². The zero-order valence-electron chi connectivity index (χ0n) is 9.21. The van der Waals surface area contributed by atoms with Gasteiger partial charge in [0.1, 0.15) is 0 Å². The monoisotopic (exact) mass is 204 g/mol. The molecule has 0 bridgehead atoms. The Kier molecular flexibility index (Phi) is 2.62. The Balaban J connectivity index is 2.50. The average Bonchev–Trinajstić information content (AvgIpc) is 2.53. The Morgan fingerprint density at radius 1 is 1.40 bits per heavy atom. The van der Waals surface area contributed by atoms with E-state index in [-0.39, 0.29) is 5.56 Å². The standard InChI is InChI=1S/C12H16N2O/c1-3-4-7-14-12(15)10-8-9(2)5-6-11(10)13-14/h5-6,8,13H,3-4,7H2,1-2H3. The number of rotatable bonds is 3. The number of aryl methyl sites for hydroxylation is 2. The van der Waals surface area contributed by atoms with Gasteiger partial charge in [-0.2, -0.15) is 0 Å². The molecule has 15 heavy (non-hydrogen) atoms. The van der Waals surface area contributed by atoms with Crippen LogP contribution in [0.2, 0.25) is 0 Å². The third kappa shape index (κ3) is 1.82. The largest absolute Gasteiger partial charge is 0.295 e. The summed E-state index contributed by atoms with van der Waals surface area (Å²) in [4.78, 5) is 11.9. The molecular formula is C12H16N2O. The zero-order chi connectivity index (χ0) is 10.8. The maximum absolute atomic E-state index is 11.9. The van der Waals surface area contributed by atoms with Gasteiger partial charge in [0.25, 0.3) is 5.56 Å². The maximum Gasteiger partial charge on any atom is 0.274 e. The summed E-state index contributed by atoms with van der Waals surface area (Å²) in [7, 11) is 0. The fourth-order valence-electron chi connectivity index (χ4n) is 1.75. The van der Waals surface area contributed by atoms with Crippen LogP contribution >= 0.6 is 0 Å². The van der Waals surface area contributed by atoms with Crippen LogP contribution in [-0.4, -0.2) is 9.78 Å². The van der Waals surface area contributed by atoms with Crippen molar-refractivity contribution in [2.45, 2.75) is 33.2 Å². The Labute approximate surface area is 88.7 Å². The summed E-state index contributed by atoms with van der Waals surface area (Å²) in [5.41, 5.74) is 2.16. The molecule has 0 atom stereocenters. The van der Waals surface area contributed by atoms with Crippen molar-refractivity contribution in [3.63, 3.8) is 0 Å². The summed E-state index contributed by atoms with van der Waals surface area (Å²) in [5.74, 6) is 0. The lowest BCUT2D eigenvalue weighted by molar-refractivity contribution is 0.562. The molecule has 0 fully saturated rings. The first-order valence-electron chi connectivity index (χ1n) is 5.41. The first-order chi connectivity index (χ1) is 7.22. The molecule has 0 aliphatic heterocycles. The predicted octanol–water partition coefficient (Wildman–Crippen LogP) is 2.44. The second-order valence-electron chi connectivity index (χ2n) is 3.97. The molecule has 1 heterocycles. The van der Waals surface area contributed by atoms with Crippen molar-refractivity contribution in [1.29, 1.82) is 0 Å². The van der Waals surface area contributed by atoms with E-state index in [4.69, 9.17) is 0 Å². The van der Waals surface area contributed by atoms with Gasteiger partial charge in [0.05, 0.1) is 10.9 Å². The van der Waals surface area contributed by atoms with E-state index in [0.29, 0.717) is 0 Å². The molecule has 3 nitrogen and oxygen atoms in total. The van der Waals surface area contributed by atoms with Gasteiger partial charge in [-0.25, -0.2) is 0 Å². The van der Waals surface area contributed by atoms with Crippen LogP contribution < -0.4 is 5.56 Å². The van der Waals surface area contributed by atoms with Gasteiger partial charge < -0.3 is 0 Å². The third-order valence-corrected chi connectivity index (χ3v) is 2.64. The molecule has 0 unspecified atom stereocenters. The highest BCUT2D eigenvalue weighted by molar-refractivity contribution is 5.78. The molecule has 1 N–H and O–H groups in total. The van der Waals surface area contributed by atoms with Crippen molar-refractivity contribution >= 4 is 10.9 Å². The van der Waals surface area contributed by atoms with Crippen molar-refractivity contribution in [2.24, 2.45) is 0 Å². The van der Waals surface area contributed by atoms with Crippen molar-refractivity contribution in [1.82, 2.24) is 9.78 Å². The fraction of sp³-hybridized carbons (Fsp3) is 0.417. The van der Waals surface area contributed by atoms with E-state index in [1.54, 1.807) is 4.68 Å². The van der Waals surface area contributed by atoms with Gasteiger partial charge in [0, 0.05) is 6.54 Å². The Morgan fingerprint density at radius 3 is 2.93 bits per heavy atom. The minimum atomic E-state index is 0.0992. The molecule has 1 aromatic carbocycles. The molecule has 0 aliphatic carbocycles. The number of aromatic amines is 1. The number of nitrogens with zero attached hydrogens (tertiary/aromatic N) is 1. The molecule has 2 rings (SSSR count). The highest BCUT2D eigenvalue weighted by Crippen LogP contribution is 2.09. The van der Waals surface area contributed by atoms with E-state index in [2.05, 4.69) is 12.0 Å². The molecule has 1 aromatic heterocycles. The lowest BCUT2D eigenvalue weighted by Crippen LogP contribution is -2.16. The third-order valence-electron chi connectivity index (χ3n) is 2.64. The van der Waals surface area contributed by atoms with Crippen LogP contribution in [0.5, 0.6) is 0 Å². The number of hydrogen-bond donors (Lipinski definition) is 1. The van der Waals surface area contributed by atoms with E-state index < -0.39 is 0 Å². The molecule has 0 radical (unpaired) electrons. The Morgan fingerprint density at radius 2 is 2.20 bits per heavy atom. The lowest BCUT2D eigenvalue weighted by Gasteiger charge is -1.97. The van der Waals surface area contributed by atoms with Crippen LogP contribution in [0.3, 0.4) is 0 Å². The van der Waals surface area contributed by atoms with E-state index in [9.17, 15) is 4.79 Å². The average molecular weight is 204 g/mol. The summed E-state index contributed by atoms with van der Waals surface area (Å²) < 4.78 is 1.70. The molecule has 3 heteroatoms. The topological polar surface area (TPSA) is 37.8 Å². The predicted molar refractivity (Wildman–Crippen MR) is 62.2 cm³/mol. The number of benzene rings is 1. The van der Waals surface area contributed by atoms with Crippen LogP contribution in [0.1, 0.15) is 25.3 Å². The fourth-order valence-corrected chi connectivity index (χ4v) is 1.75. The van der Waals surface area contributed by atoms with E-state index in [1.807, 2.05) is 25.1 Å². The molecule has 0 saturated heterocycles. The van der Waals surface area contributed by atoms with Crippen LogP contribution in [0.15, 0.2) is 23.0 Å². The maximum atomic E-state index is 11.9. The minimum absolute atomic E-state index is 0.0992. The highest BCUT2D eigenvalue weighted by atomic mass is 16.1. The van der Waals surface area contributed by atoms with Gasteiger partial charge in [0.15, 0.2) is 0 Å². The number of nitrogens with one attached hydrogen (secondary N) is 1. The van der Waals surface area contributed by atoms with Gasteiger partial charge in [-0.15, -0.1) is 0 Å². The molecule has 0 saturated carbocycles. The molecule has 80 valence electrons. The SMILES string of the molecule is CCCCn1[nH]c2ccc(C)cc2c1=O. The number of H-pyrrole nitrogens is 1. The first-order valence-corrected chi connectivity index (χ1v) is 5.41. The summed E-state index contributed by atoms with van der Waals surface area (Å²) in [6, 6.07) is 5.92. The normalized spacial score (nSPS) is 11.1. The number of aromatic nitrogens is 2. The molecule has 0 amide bonds. The van der Waals surface area contributed by atoms with Gasteiger partial charge in [-0.05, 0) is 25.5 Å². The van der Waals surface area contributed by atoms with Crippen molar-refractivity contribution < 1.29 is 0 Å². The van der Waals surface area contributed by atoms with E-state index in [0.717, 1.165) is 35.9 Å². The summed E-state index contributed by atoms with van der Waals surface area (Å²) in [6.45, 7) is 4.91. The van der Waals surface area contributed by atoms with Crippen molar-refractivity contribution in [3.8, 4) is 0 Å². The highest BCUT2D eigenvalue weighted by Gasteiger charge is 2.05. The second kappa shape index (κ2) is 3.93. The van der Waals surface area contributed by atoms with E-state index >= 15 is 0 Å². The van der Waals surface area contributed by atoms with Crippen LogP contribution in [0.25, 0.3) is 10.9 Å². The van der Waals surface area contributed by atoms with Crippen molar-refractivity contribution in [2.75, 3.05) is 0 Å².